The van der Waals surface area contributed by atoms with Gasteiger partial charge < -0.3 is 5.32 Å². The number of pyridine rings is 1. The highest BCUT2D eigenvalue weighted by atomic mass is 15.1. The number of nitrogens with zero attached hydrogens (tertiary/aromatic N) is 3. The van der Waals surface area contributed by atoms with Crippen LogP contribution in [0, 0.1) is 18.3 Å². The van der Waals surface area contributed by atoms with Crippen molar-refractivity contribution in [3.05, 3.63) is 71.4 Å². The topological polar surface area (TPSA) is 77.4 Å². The fraction of sp³-hybridized carbons (Fsp3) is 0.240. The molecule has 1 aliphatic heterocycles. The molecule has 5 heteroatoms. The van der Waals surface area contributed by atoms with Crippen molar-refractivity contribution >= 4 is 11.0 Å². The lowest BCUT2D eigenvalue weighted by atomic mass is 9.82. The number of piperidine rings is 1. The summed E-state index contributed by atoms with van der Waals surface area (Å²) in [5.41, 5.74) is 9.40. The van der Waals surface area contributed by atoms with Gasteiger partial charge in [0.05, 0.1) is 29.0 Å². The van der Waals surface area contributed by atoms with Crippen LogP contribution in [0.1, 0.15) is 35.4 Å². The Morgan fingerprint density at radius 1 is 0.967 bits per heavy atom. The predicted molar refractivity (Wildman–Crippen MR) is 119 cm³/mol. The molecule has 5 nitrogen and oxygen atoms in total. The van der Waals surface area contributed by atoms with Crippen LogP contribution < -0.4 is 5.32 Å². The van der Waals surface area contributed by atoms with Crippen LogP contribution in [0.4, 0.5) is 0 Å². The Labute approximate surface area is 175 Å². The van der Waals surface area contributed by atoms with Crippen LogP contribution in [0.3, 0.4) is 0 Å². The highest BCUT2D eigenvalue weighted by Gasteiger charge is 2.26. The molecule has 0 radical (unpaired) electrons. The summed E-state index contributed by atoms with van der Waals surface area (Å²) in [6.07, 6.45) is 3.98. The molecule has 2 aromatic carbocycles. The molecule has 0 spiro atoms. The number of hydrogen-bond donors (Lipinski definition) is 2. The van der Waals surface area contributed by atoms with E-state index < -0.39 is 0 Å². The van der Waals surface area contributed by atoms with Gasteiger partial charge >= 0.3 is 0 Å². The third-order valence-corrected chi connectivity index (χ3v) is 6.00. The molecule has 3 heterocycles. The SMILES string of the molecule is Cc1ccc(-c2nc3cn[nH]c3c(C3CCNCC3)c2-c2ccc(C#N)cc2)cc1. The van der Waals surface area contributed by atoms with E-state index in [0.29, 0.717) is 11.5 Å². The Bertz CT molecular complexity index is 1220. The Morgan fingerprint density at radius 3 is 2.37 bits per heavy atom. The van der Waals surface area contributed by atoms with Gasteiger partial charge in [-0.1, -0.05) is 42.0 Å². The molecule has 2 aromatic heterocycles. The Kier molecular flexibility index (Phi) is 4.78. The number of benzene rings is 2. The largest absolute Gasteiger partial charge is 0.317 e. The number of aromatic amines is 1. The third kappa shape index (κ3) is 3.26. The van der Waals surface area contributed by atoms with Gasteiger partial charge in [-0.2, -0.15) is 10.4 Å². The number of H-pyrrole nitrogens is 1. The van der Waals surface area contributed by atoms with E-state index in [4.69, 9.17) is 4.98 Å². The maximum Gasteiger partial charge on any atom is 0.109 e. The van der Waals surface area contributed by atoms with Gasteiger partial charge in [-0.15, -0.1) is 0 Å². The second-order valence-corrected chi connectivity index (χ2v) is 7.96. The van der Waals surface area contributed by atoms with Crippen LogP contribution in [0.2, 0.25) is 0 Å². The first kappa shape index (κ1) is 18.5. The van der Waals surface area contributed by atoms with Gasteiger partial charge in [0, 0.05) is 11.1 Å². The number of hydrogen-bond acceptors (Lipinski definition) is 4. The molecule has 2 N–H and O–H groups in total. The second kappa shape index (κ2) is 7.74. The fourth-order valence-corrected chi connectivity index (χ4v) is 4.43. The number of rotatable bonds is 3. The van der Waals surface area contributed by atoms with E-state index in [1.165, 1.54) is 11.1 Å². The number of aryl methyl sites for hydroxylation is 1. The predicted octanol–water partition coefficient (Wildman–Crippen LogP) is 4.94. The van der Waals surface area contributed by atoms with Crippen molar-refractivity contribution in [3.8, 4) is 28.5 Å². The molecule has 5 rings (SSSR count). The molecule has 4 aromatic rings. The Hall–Kier alpha value is -3.49. The third-order valence-electron chi connectivity index (χ3n) is 6.00. The number of aromatic nitrogens is 3. The van der Waals surface area contributed by atoms with Crippen LogP contribution in [0.15, 0.2) is 54.7 Å². The first-order valence-corrected chi connectivity index (χ1v) is 10.4. The first-order chi connectivity index (χ1) is 14.7. The van der Waals surface area contributed by atoms with E-state index in [2.05, 4.69) is 52.8 Å². The highest BCUT2D eigenvalue weighted by Crippen LogP contribution is 2.43. The zero-order valence-electron chi connectivity index (χ0n) is 16.9. The molecule has 1 saturated heterocycles. The minimum Gasteiger partial charge on any atom is -0.317 e. The van der Waals surface area contributed by atoms with Crippen molar-refractivity contribution in [2.24, 2.45) is 0 Å². The average Bonchev–Trinajstić information content (AvgIpc) is 3.27. The van der Waals surface area contributed by atoms with Gasteiger partial charge in [0.1, 0.15) is 5.52 Å². The summed E-state index contributed by atoms with van der Waals surface area (Å²) in [5.74, 6) is 0.423. The van der Waals surface area contributed by atoms with Crippen molar-refractivity contribution in [2.75, 3.05) is 13.1 Å². The molecule has 0 atom stereocenters. The summed E-state index contributed by atoms with van der Waals surface area (Å²) < 4.78 is 0. The monoisotopic (exact) mass is 393 g/mol. The summed E-state index contributed by atoms with van der Waals surface area (Å²) in [6, 6.07) is 18.6. The van der Waals surface area contributed by atoms with Crippen molar-refractivity contribution < 1.29 is 0 Å². The zero-order chi connectivity index (χ0) is 20.5. The molecular formula is C25H23N5. The molecule has 0 saturated carbocycles. The van der Waals surface area contributed by atoms with Gasteiger partial charge in [-0.25, -0.2) is 4.98 Å². The number of nitriles is 1. The fourth-order valence-electron chi connectivity index (χ4n) is 4.43. The van der Waals surface area contributed by atoms with Crippen molar-refractivity contribution in [2.45, 2.75) is 25.7 Å². The van der Waals surface area contributed by atoms with Gasteiger partial charge in [-0.3, -0.25) is 5.10 Å². The zero-order valence-corrected chi connectivity index (χ0v) is 16.9. The summed E-state index contributed by atoms with van der Waals surface area (Å²) in [5, 5.41) is 20.3. The van der Waals surface area contributed by atoms with Crippen LogP contribution in [0.5, 0.6) is 0 Å². The van der Waals surface area contributed by atoms with Crippen LogP contribution >= 0.6 is 0 Å². The van der Waals surface area contributed by atoms with E-state index in [1.54, 1.807) is 0 Å². The lowest BCUT2D eigenvalue weighted by Gasteiger charge is -2.27. The van der Waals surface area contributed by atoms with Gasteiger partial charge in [0.2, 0.25) is 0 Å². The Morgan fingerprint density at radius 2 is 1.67 bits per heavy atom. The molecule has 0 aliphatic carbocycles. The quantitative estimate of drug-likeness (QED) is 0.517. The van der Waals surface area contributed by atoms with Crippen molar-refractivity contribution in [1.29, 1.82) is 5.26 Å². The molecule has 0 bridgehead atoms. The van der Waals surface area contributed by atoms with Crippen LogP contribution in [-0.4, -0.2) is 28.3 Å². The van der Waals surface area contributed by atoms with Crippen LogP contribution in [-0.2, 0) is 0 Å². The van der Waals surface area contributed by atoms with Crippen molar-refractivity contribution in [3.63, 3.8) is 0 Å². The van der Waals surface area contributed by atoms with E-state index in [1.807, 2.05) is 30.5 Å². The highest BCUT2D eigenvalue weighted by molar-refractivity contribution is 5.94. The summed E-state index contributed by atoms with van der Waals surface area (Å²) in [6.45, 7) is 4.11. The summed E-state index contributed by atoms with van der Waals surface area (Å²) in [4.78, 5) is 5.04. The van der Waals surface area contributed by atoms with Gasteiger partial charge in [-0.05, 0) is 62.0 Å². The molecule has 1 fully saturated rings. The average molecular weight is 393 g/mol. The minimum atomic E-state index is 0.423. The van der Waals surface area contributed by atoms with Crippen LogP contribution in [0.25, 0.3) is 33.4 Å². The standard InChI is InChI=1S/C25H23N5/c1-16-2-6-20(7-3-16)24-22(18-8-4-17(14-26)5-9-18)23(19-10-12-27-13-11-19)25-21(29-24)15-28-30-25/h2-9,15,19,27H,10-13H2,1H3,(H,28,30). The first-order valence-electron chi connectivity index (χ1n) is 10.4. The molecule has 30 heavy (non-hydrogen) atoms. The van der Waals surface area contributed by atoms with E-state index in [-0.39, 0.29) is 0 Å². The Balaban J connectivity index is 1.82. The maximum atomic E-state index is 9.25. The molecule has 148 valence electrons. The van der Waals surface area contributed by atoms with Gasteiger partial charge in [0.15, 0.2) is 0 Å². The van der Waals surface area contributed by atoms with E-state index in [0.717, 1.165) is 59.3 Å². The smallest absolute Gasteiger partial charge is 0.109 e. The van der Waals surface area contributed by atoms with Gasteiger partial charge in [0.25, 0.3) is 0 Å². The maximum absolute atomic E-state index is 9.25. The molecular weight excluding hydrogens is 370 g/mol. The molecule has 1 aliphatic rings. The molecule has 0 amide bonds. The number of nitrogens with one attached hydrogen (secondary N) is 2. The lowest BCUT2D eigenvalue weighted by molar-refractivity contribution is 0.462. The lowest BCUT2D eigenvalue weighted by Crippen LogP contribution is -2.27. The van der Waals surface area contributed by atoms with Crippen molar-refractivity contribution in [1.82, 2.24) is 20.5 Å². The minimum absolute atomic E-state index is 0.423. The number of fused-ring (bicyclic) bond motifs is 1. The summed E-state index contributed by atoms with van der Waals surface area (Å²) >= 11 is 0. The van der Waals surface area contributed by atoms with E-state index >= 15 is 0 Å². The normalized spacial score (nSPS) is 14.7. The van der Waals surface area contributed by atoms with E-state index in [9.17, 15) is 5.26 Å². The molecule has 0 unspecified atom stereocenters. The second-order valence-electron chi connectivity index (χ2n) is 7.96. The summed E-state index contributed by atoms with van der Waals surface area (Å²) in [7, 11) is 0.